The van der Waals surface area contributed by atoms with Crippen LogP contribution >= 0.6 is 0 Å². The van der Waals surface area contributed by atoms with Gasteiger partial charge in [0.25, 0.3) is 0 Å². The minimum Gasteiger partial charge on any atom is -0.480 e. The van der Waals surface area contributed by atoms with Gasteiger partial charge in [-0.05, 0) is 33.6 Å². The lowest BCUT2D eigenvalue weighted by Crippen LogP contribution is -2.43. The number of aliphatic carboxylic acids is 1. The lowest BCUT2D eigenvalue weighted by Gasteiger charge is -2.26. The van der Waals surface area contributed by atoms with Gasteiger partial charge >= 0.3 is 12.1 Å². The number of rotatable bonds is 1. The van der Waals surface area contributed by atoms with E-state index in [9.17, 15) is 9.59 Å². The largest absolute Gasteiger partial charge is 0.480 e. The summed E-state index contributed by atoms with van der Waals surface area (Å²) in [5, 5.41) is 8.90. The van der Waals surface area contributed by atoms with Crippen LogP contribution in [-0.2, 0) is 9.53 Å². The van der Waals surface area contributed by atoms with Crippen molar-refractivity contribution in [3.63, 3.8) is 0 Å². The molecule has 0 unspecified atom stereocenters. The first-order valence-electron chi connectivity index (χ1n) is 5.60. The van der Waals surface area contributed by atoms with Crippen molar-refractivity contribution in [2.45, 2.75) is 45.2 Å². The fraction of sp³-hybridized carbons (Fsp3) is 0.800. The van der Waals surface area contributed by atoms with E-state index < -0.39 is 23.7 Å². The lowest BCUT2D eigenvalue weighted by atomic mass is 10.2. The van der Waals surface area contributed by atoms with Crippen molar-refractivity contribution in [3.8, 4) is 0 Å². The summed E-state index contributed by atoms with van der Waals surface area (Å²) in [7, 11) is 0. The second-order valence-electron chi connectivity index (χ2n) is 4.32. The number of carboxylic acids is 1. The molecule has 1 aliphatic heterocycles. The molecule has 0 aromatic rings. The predicted molar refractivity (Wildman–Crippen MR) is 53.6 cm³/mol. The number of ether oxygens (including phenoxy) is 1. The highest BCUT2D eigenvalue weighted by atomic mass is 16.6. The van der Waals surface area contributed by atoms with Crippen LogP contribution in [0.25, 0.3) is 0 Å². The minimum absolute atomic E-state index is 0.0513. The Morgan fingerprint density at radius 2 is 2.27 bits per heavy atom. The predicted octanol–water partition coefficient (Wildman–Crippen LogP) is 1.47. The molecule has 0 radical (unpaired) electrons. The number of carbonyl (C=O) groups excluding carboxylic acids is 1. The molecule has 1 fully saturated rings. The number of hydrogen-bond acceptors (Lipinski definition) is 3. The van der Waals surface area contributed by atoms with E-state index >= 15 is 0 Å². The molecule has 1 heterocycles. The van der Waals surface area contributed by atoms with Crippen molar-refractivity contribution in [2.24, 2.45) is 0 Å². The van der Waals surface area contributed by atoms with Crippen molar-refractivity contribution >= 4 is 12.1 Å². The van der Waals surface area contributed by atoms with Crippen LogP contribution in [0, 0.1) is 0 Å². The van der Waals surface area contributed by atoms with Gasteiger partial charge in [-0.25, -0.2) is 9.59 Å². The van der Waals surface area contributed by atoms with E-state index in [4.69, 9.17) is 11.2 Å². The SMILES string of the molecule is [2H]CC(C)(C)OC(=O)N1CCC[C@H]1C(=O)O. The van der Waals surface area contributed by atoms with Crippen LogP contribution in [0.1, 0.15) is 35.0 Å². The first-order chi connectivity index (χ1) is 7.37. The molecule has 1 saturated heterocycles. The van der Waals surface area contributed by atoms with Crippen LogP contribution in [0.2, 0.25) is 0 Å². The summed E-state index contributed by atoms with van der Waals surface area (Å²) in [5.74, 6) is -1.00. The number of carboxylic acid groups (broad SMARTS) is 1. The quantitative estimate of drug-likeness (QED) is 0.720. The Morgan fingerprint density at radius 3 is 2.80 bits per heavy atom. The minimum atomic E-state index is -1.00. The maximum Gasteiger partial charge on any atom is 0.411 e. The molecule has 1 rings (SSSR count). The van der Waals surface area contributed by atoms with E-state index in [1.165, 1.54) is 4.90 Å². The van der Waals surface area contributed by atoms with E-state index in [2.05, 4.69) is 0 Å². The highest BCUT2D eigenvalue weighted by Crippen LogP contribution is 2.20. The molecule has 1 N–H and O–H groups in total. The monoisotopic (exact) mass is 216 g/mol. The second kappa shape index (κ2) is 4.08. The molecule has 1 amide bonds. The standard InChI is InChI=1S/C10H17NO4/c1-10(2,3)15-9(14)11-6-4-5-7(11)8(12)13/h7H,4-6H2,1-3H3,(H,12,13)/t7-/m0/s1/i1D. The number of amides is 1. The first-order valence-corrected chi connectivity index (χ1v) is 4.89. The topological polar surface area (TPSA) is 66.8 Å². The molecule has 5 heteroatoms. The number of carbonyl (C=O) groups is 2. The maximum absolute atomic E-state index is 11.7. The third kappa shape index (κ3) is 3.11. The van der Waals surface area contributed by atoms with E-state index in [0.717, 1.165) is 0 Å². The summed E-state index contributed by atoms with van der Waals surface area (Å²) in [5.41, 5.74) is -0.872. The van der Waals surface area contributed by atoms with Gasteiger partial charge in [0.2, 0.25) is 0 Å². The van der Waals surface area contributed by atoms with Gasteiger partial charge in [0.1, 0.15) is 11.6 Å². The molecule has 0 saturated carbocycles. The number of hydrogen-bond donors (Lipinski definition) is 1. The third-order valence-electron chi connectivity index (χ3n) is 2.14. The van der Waals surface area contributed by atoms with E-state index in [-0.39, 0.29) is 6.90 Å². The molecule has 0 aromatic carbocycles. The molecule has 0 bridgehead atoms. The van der Waals surface area contributed by atoms with Gasteiger partial charge < -0.3 is 9.84 Å². The Labute approximate surface area is 90.4 Å². The Hall–Kier alpha value is -1.26. The highest BCUT2D eigenvalue weighted by Gasteiger charge is 2.36. The van der Waals surface area contributed by atoms with Gasteiger partial charge in [-0.3, -0.25) is 4.90 Å². The van der Waals surface area contributed by atoms with Crippen LogP contribution < -0.4 is 0 Å². The highest BCUT2D eigenvalue weighted by molar-refractivity contribution is 5.80. The van der Waals surface area contributed by atoms with Crippen molar-refractivity contribution in [2.75, 3.05) is 6.54 Å². The zero-order valence-electron chi connectivity index (χ0n) is 10.0. The maximum atomic E-state index is 11.7. The van der Waals surface area contributed by atoms with Crippen molar-refractivity contribution < 1.29 is 20.8 Å². The van der Waals surface area contributed by atoms with Gasteiger partial charge in [-0.2, -0.15) is 0 Å². The fourth-order valence-electron chi connectivity index (χ4n) is 1.54. The Balaban J connectivity index is 2.63. The van der Waals surface area contributed by atoms with Crippen molar-refractivity contribution in [1.82, 2.24) is 4.90 Å². The van der Waals surface area contributed by atoms with Crippen LogP contribution in [0.15, 0.2) is 0 Å². The van der Waals surface area contributed by atoms with Crippen LogP contribution in [0.3, 0.4) is 0 Å². The molecular formula is C10H17NO4. The number of nitrogens with zero attached hydrogens (tertiary/aromatic N) is 1. The Kier molecular flexibility index (Phi) is 2.79. The van der Waals surface area contributed by atoms with Crippen LogP contribution in [-0.4, -0.2) is 40.3 Å². The summed E-state index contributed by atoms with van der Waals surface area (Å²) in [6, 6.07) is -0.783. The molecule has 0 spiro atoms. The first kappa shape index (κ1) is 10.3. The molecular weight excluding hydrogens is 198 g/mol. The summed E-state index contributed by atoms with van der Waals surface area (Å²) in [4.78, 5) is 23.8. The second-order valence-corrected chi connectivity index (χ2v) is 4.32. The normalized spacial score (nSPS) is 22.4. The van der Waals surface area contributed by atoms with E-state index in [1.807, 2.05) is 0 Å². The average molecular weight is 216 g/mol. The third-order valence-corrected chi connectivity index (χ3v) is 2.14. The molecule has 15 heavy (non-hydrogen) atoms. The van der Waals surface area contributed by atoms with E-state index in [0.29, 0.717) is 19.4 Å². The summed E-state index contributed by atoms with van der Waals surface area (Å²) < 4.78 is 12.3. The van der Waals surface area contributed by atoms with Crippen molar-refractivity contribution in [3.05, 3.63) is 0 Å². The van der Waals surface area contributed by atoms with Crippen LogP contribution in [0.4, 0.5) is 4.79 Å². The van der Waals surface area contributed by atoms with Gasteiger partial charge in [0.15, 0.2) is 0 Å². The summed E-state index contributed by atoms with van der Waals surface area (Å²) in [6.45, 7) is 3.61. The molecule has 1 atom stereocenters. The van der Waals surface area contributed by atoms with Gasteiger partial charge in [0.05, 0.1) is 0 Å². The Morgan fingerprint density at radius 1 is 1.60 bits per heavy atom. The average Bonchev–Trinajstić information content (AvgIpc) is 2.65. The Bertz CT molecular complexity index is 293. The van der Waals surface area contributed by atoms with Crippen LogP contribution in [0.5, 0.6) is 0 Å². The summed E-state index contributed by atoms with van der Waals surface area (Å²) >= 11 is 0. The summed E-state index contributed by atoms with van der Waals surface area (Å²) in [6.07, 6.45) is 0.501. The molecule has 0 aromatic heterocycles. The molecule has 1 aliphatic rings. The van der Waals surface area contributed by atoms with Gasteiger partial charge in [-0.1, -0.05) is 0 Å². The zero-order chi connectivity index (χ0) is 12.3. The van der Waals surface area contributed by atoms with Gasteiger partial charge in [0, 0.05) is 7.92 Å². The van der Waals surface area contributed by atoms with E-state index in [1.54, 1.807) is 13.8 Å². The molecule has 86 valence electrons. The molecule has 0 aliphatic carbocycles. The molecule has 5 nitrogen and oxygen atoms in total. The fourth-order valence-corrected chi connectivity index (χ4v) is 1.54. The number of likely N-dealkylation sites (tertiary alicyclic amines) is 1. The van der Waals surface area contributed by atoms with Gasteiger partial charge in [-0.15, -0.1) is 0 Å². The smallest absolute Gasteiger partial charge is 0.411 e. The lowest BCUT2D eigenvalue weighted by molar-refractivity contribution is -0.142. The zero-order valence-corrected chi connectivity index (χ0v) is 9.02. The van der Waals surface area contributed by atoms with Crippen molar-refractivity contribution in [1.29, 1.82) is 0 Å².